The number of hydrogen-bond donors (Lipinski definition) is 12. The molecule has 620 valence electrons. The normalized spacial score (nSPS) is 14.0. The van der Waals surface area contributed by atoms with E-state index in [0.29, 0.717) is 132 Å². The van der Waals surface area contributed by atoms with Crippen LogP contribution in [0.5, 0.6) is 0 Å². The van der Waals surface area contributed by atoms with Crippen molar-refractivity contribution in [2.24, 2.45) is 5.92 Å². The second-order valence-corrected chi connectivity index (χ2v) is 27.8. The number of nitrogens with zero attached hydrogens (tertiary/aromatic N) is 7. The molecule has 0 radical (unpaired) electrons. The molecule has 39 heteroatoms. The number of carbonyl (C=O) groups is 10. The van der Waals surface area contributed by atoms with Crippen molar-refractivity contribution in [3.05, 3.63) is 99.3 Å². The molecule has 37 nitrogen and oxygen atoms in total. The third-order valence-electron chi connectivity index (χ3n) is 17.4. The number of Topliss-reactive ketones (excluding diaryl/α,β-unsaturated/α-hetero) is 1. The lowest BCUT2D eigenvalue weighted by molar-refractivity contribution is -0.193. The van der Waals surface area contributed by atoms with Crippen molar-refractivity contribution < 1.29 is 112 Å². The van der Waals surface area contributed by atoms with Crippen LogP contribution >= 0.6 is 34.8 Å². The van der Waals surface area contributed by atoms with Crippen LogP contribution in [0.1, 0.15) is 100 Å². The topological polar surface area (TPSA) is 521 Å². The molecule has 0 spiro atoms. The number of aliphatic carboxylic acids is 5. The van der Waals surface area contributed by atoms with Crippen molar-refractivity contribution in [2.45, 2.75) is 127 Å². The Labute approximate surface area is 672 Å². The summed E-state index contributed by atoms with van der Waals surface area (Å²) >= 11 is 7.95. The lowest BCUT2D eigenvalue weighted by Gasteiger charge is -2.36. The molecule has 6 amide bonds. The number of carboxylic acids is 5. The summed E-state index contributed by atoms with van der Waals surface area (Å²) in [6.45, 7) is 5.88. The molecule has 4 aromatic rings. The molecule has 0 bridgehead atoms. The molecular formula is C74H103IN14O23S. The number of halogens is 1. The van der Waals surface area contributed by atoms with Crippen molar-refractivity contribution in [1.29, 1.82) is 0 Å². The van der Waals surface area contributed by atoms with E-state index in [0.717, 1.165) is 33.4 Å². The second-order valence-electron chi connectivity index (χ2n) is 26.1. The van der Waals surface area contributed by atoms with Crippen LogP contribution in [0.15, 0.2) is 79.0 Å². The van der Waals surface area contributed by atoms with Gasteiger partial charge in [-0.3, -0.25) is 38.6 Å². The number of ether oxygens (including phenoxy) is 2. The van der Waals surface area contributed by atoms with Crippen LogP contribution in [0, 0.1) is 9.49 Å². The summed E-state index contributed by atoms with van der Waals surface area (Å²) in [6, 6.07) is 19.2. The van der Waals surface area contributed by atoms with Gasteiger partial charge in [0.25, 0.3) is 0 Å². The summed E-state index contributed by atoms with van der Waals surface area (Å²) < 4.78 is 14.3. The van der Waals surface area contributed by atoms with Crippen molar-refractivity contribution in [2.75, 3.05) is 131 Å². The predicted octanol–water partition coefficient (Wildman–Crippen LogP) is 2.70. The number of aromatic nitrogens is 3. The fourth-order valence-corrected chi connectivity index (χ4v) is 12.1. The number of nitrogens with one attached hydrogen (secondary N) is 7. The monoisotopic (exact) mass is 1710 g/mol. The lowest BCUT2D eigenvalue weighted by atomic mass is 9.93. The molecule has 1 aliphatic rings. The number of unbranched alkanes of at least 4 members (excludes halogenated alkanes) is 3. The Bertz CT molecular complexity index is 3660. The van der Waals surface area contributed by atoms with Gasteiger partial charge in [0.05, 0.1) is 69.4 Å². The number of amides is 6. The van der Waals surface area contributed by atoms with E-state index in [2.05, 4.69) is 92.1 Å². The van der Waals surface area contributed by atoms with E-state index < -0.39 is 65.8 Å². The standard InChI is InChI=1S/C71H103IN14O17S.3CO2/c1-82-30-32-83(2)57(47-85(49-66(93)94)35-34-84(33-31-82)48-65(91)92)41-50-17-19-52(20-18-50)43-63(104)74-27-6-3-11-54(67(95)79-59(68(96)97)14-4-7-26-73-62(88)42-51-21-23-55(72)24-22-51)45-58(87)25-37-102-39-40-103-38-36-86-61(46-77-81-86)53-12-9-13-56(44-53)78-70(100)75-28-8-5-15-60(69(98)99)80-71(101)76-29-10-16-64(89)90;3*2-1-3/h9,12-13,17-24,44,46,54,57,59-60H,3-8,10-11,14-16,25-43,45,47-49H2,1-2H3,(H,73,88)(H,74,104)(H,79,95)(H,89,90)(H,91,92)(H,93,94)(H,96,97)(H,98,99)(H2,75,78,100)(H2,76,80,101);;;/t54-,57?,59+,60+;;;/m1.../s1. The smallest absolute Gasteiger partial charge is 0.373 e. The van der Waals surface area contributed by atoms with Crippen LogP contribution in [0.4, 0.5) is 15.3 Å². The molecule has 1 aromatic heterocycles. The van der Waals surface area contributed by atoms with Crippen LogP contribution in [-0.2, 0) is 102 Å². The van der Waals surface area contributed by atoms with Gasteiger partial charge >= 0.3 is 60.4 Å². The molecule has 1 fully saturated rings. The molecule has 2 heterocycles. The number of carbonyl (C=O) groups excluding carboxylic acids is 11. The molecule has 12 N–H and O–H groups in total. The SMILES string of the molecule is CN1CCN(CC(=O)O)CCN(CC(=O)O)CC(Cc2ccc(CC(=S)NCCCC[C@H](CC(=O)CCOCCOCCn3nncc3-c3cccc(NC(=O)NCCCC[C@H](NC(=O)NCCCC(=O)O)C(=O)O)c3)C(=O)N[C@@H](CCCCNC(=O)Cc3ccc(I)cc3)C(=O)O)cc2)N(C)CC1.O=C=O.O=C=O.O=C=O. The van der Waals surface area contributed by atoms with Gasteiger partial charge < -0.3 is 82.0 Å². The van der Waals surface area contributed by atoms with Crippen LogP contribution in [-0.4, -0.2) is 287 Å². The minimum absolute atomic E-state index is 0.00449. The summed E-state index contributed by atoms with van der Waals surface area (Å²) in [6.07, 6.45) is 6.95. The Morgan fingerprint density at radius 2 is 1.11 bits per heavy atom. The van der Waals surface area contributed by atoms with Crippen LogP contribution in [0.25, 0.3) is 11.3 Å². The highest BCUT2D eigenvalue weighted by Gasteiger charge is 2.28. The van der Waals surface area contributed by atoms with Gasteiger partial charge in [-0.1, -0.05) is 72.4 Å². The largest absolute Gasteiger partial charge is 0.481 e. The average molecular weight is 1720 g/mol. The summed E-state index contributed by atoms with van der Waals surface area (Å²) in [5.74, 6) is -7.06. The summed E-state index contributed by atoms with van der Waals surface area (Å²) in [5, 5.41) is 75.2. The Morgan fingerprint density at radius 3 is 1.73 bits per heavy atom. The number of likely N-dealkylation sites (N-methyl/N-ethyl adjacent to an activating group) is 2. The number of urea groups is 2. The minimum atomic E-state index is -1.22. The highest BCUT2D eigenvalue weighted by Crippen LogP contribution is 2.23. The molecule has 4 atom stereocenters. The van der Waals surface area contributed by atoms with Gasteiger partial charge in [0.15, 0.2) is 0 Å². The molecule has 1 aliphatic heterocycles. The van der Waals surface area contributed by atoms with Gasteiger partial charge in [0.1, 0.15) is 17.9 Å². The van der Waals surface area contributed by atoms with E-state index >= 15 is 0 Å². The summed E-state index contributed by atoms with van der Waals surface area (Å²) in [4.78, 5) is 181. The average Bonchev–Trinajstić information content (AvgIpc) is 1.31. The number of hydrogen-bond acceptors (Lipinski definition) is 25. The first-order valence-corrected chi connectivity index (χ1v) is 38.0. The first-order valence-electron chi connectivity index (χ1n) is 36.5. The first-order chi connectivity index (χ1) is 54.1. The Balaban J connectivity index is 0.00000458. The number of benzene rings is 3. The molecule has 1 unspecified atom stereocenters. The van der Waals surface area contributed by atoms with Crippen molar-refractivity contribution in [3.63, 3.8) is 0 Å². The number of thiocarbonyl (C=S) groups is 1. The van der Waals surface area contributed by atoms with E-state index in [1.807, 2.05) is 66.4 Å². The van der Waals surface area contributed by atoms with Crippen molar-refractivity contribution >= 4 is 123 Å². The highest BCUT2D eigenvalue weighted by molar-refractivity contribution is 14.1. The Hall–Kier alpha value is -10.2. The molecule has 0 aliphatic carbocycles. The van der Waals surface area contributed by atoms with E-state index in [4.69, 9.17) is 55.6 Å². The van der Waals surface area contributed by atoms with Gasteiger partial charge in [-0.2, -0.15) is 28.8 Å². The van der Waals surface area contributed by atoms with Gasteiger partial charge in [-0.05, 0) is 142 Å². The van der Waals surface area contributed by atoms with Gasteiger partial charge in [-0.25, -0.2) is 23.9 Å². The van der Waals surface area contributed by atoms with Crippen LogP contribution in [0.2, 0.25) is 0 Å². The zero-order valence-electron chi connectivity index (χ0n) is 63.4. The lowest BCUT2D eigenvalue weighted by Crippen LogP contribution is -2.50. The minimum Gasteiger partial charge on any atom is -0.481 e. The van der Waals surface area contributed by atoms with Gasteiger partial charge in [-0.15, -0.1) is 5.10 Å². The molecule has 0 saturated carbocycles. The quantitative estimate of drug-likeness (QED) is 0.0172. The maximum Gasteiger partial charge on any atom is 0.373 e. The fourth-order valence-electron chi connectivity index (χ4n) is 11.4. The number of anilines is 1. The predicted molar refractivity (Wildman–Crippen MR) is 415 cm³/mol. The summed E-state index contributed by atoms with van der Waals surface area (Å²) in [7, 11) is 4.06. The van der Waals surface area contributed by atoms with E-state index in [1.165, 1.54) is 0 Å². The molecular weight excluding hydrogens is 1610 g/mol. The van der Waals surface area contributed by atoms with Crippen molar-refractivity contribution in [1.82, 2.24) is 66.5 Å². The molecule has 3 aromatic carbocycles. The third kappa shape index (κ3) is 47.1. The van der Waals surface area contributed by atoms with Crippen molar-refractivity contribution in [3.8, 4) is 11.3 Å². The number of ketones is 1. The second kappa shape index (κ2) is 59.6. The van der Waals surface area contributed by atoms with E-state index in [1.54, 1.807) is 29.1 Å². The van der Waals surface area contributed by atoms with E-state index in [9.17, 15) is 68.4 Å². The third-order valence-corrected chi connectivity index (χ3v) is 18.4. The highest BCUT2D eigenvalue weighted by atomic mass is 127. The summed E-state index contributed by atoms with van der Waals surface area (Å²) in [5.41, 5.74) is 4.78. The maximum absolute atomic E-state index is 14.0. The number of carboxylic acid groups (broad SMARTS) is 5. The van der Waals surface area contributed by atoms with Crippen LogP contribution in [0.3, 0.4) is 0 Å². The zero-order chi connectivity index (χ0) is 83.7. The fraction of sp³-hybridized carbons (Fsp3) is 0.541. The first kappa shape index (κ1) is 98.9. The maximum atomic E-state index is 14.0. The van der Waals surface area contributed by atoms with E-state index in [-0.39, 0.29) is 134 Å². The molecule has 5 rings (SSSR count). The van der Waals surface area contributed by atoms with Crippen LogP contribution < -0.4 is 37.2 Å². The molecule has 113 heavy (non-hydrogen) atoms. The number of rotatable bonds is 47. The van der Waals surface area contributed by atoms with Gasteiger partial charge in [0, 0.05) is 124 Å². The Morgan fingerprint density at radius 1 is 0.575 bits per heavy atom. The zero-order valence-corrected chi connectivity index (χ0v) is 66.3. The molecule has 1 saturated heterocycles. The Kier molecular flexibility index (Phi) is 52.1. The van der Waals surface area contributed by atoms with Gasteiger partial charge in [0.2, 0.25) is 11.8 Å².